The van der Waals surface area contributed by atoms with Crippen molar-refractivity contribution in [1.29, 1.82) is 0 Å². The molecule has 3 aromatic rings. The van der Waals surface area contributed by atoms with Gasteiger partial charge in [0.15, 0.2) is 17.3 Å². The quantitative estimate of drug-likeness (QED) is 0.605. The van der Waals surface area contributed by atoms with Crippen molar-refractivity contribution in [1.82, 2.24) is 19.9 Å². The number of oxime groups is 1. The number of methoxy groups -OCH3 is 1. The van der Waals surface area contributed by atoms with Crippen LogP contribution in [0.15, 0.2) is 35.6 Å². The summed E-state index contributed by atoms with van der Waals surface area (Å²) in [4.78, 5) is 9.99. The number of anilines is 2. The zero-order valence-corrected chi connectivity index (χ0v) is 16.5. The maximum absolute atomic E-state index is 13.7. The summed E-state index contributed by atoms with van der Waals surface area (Å²) in [6.07, 6.45) is 1.74. The summed E-state index contributed by atoms with van der Waals surface area (Å²) in [6.45, 7) is 5.59. The molecule has 9 nitrogen and oxygen atoms in total. The molecule has 4 N–H and O–H groups in total. The standard InChI is InChI=1S/C19H22FN7O2/c1-10(12-9-11(20)5-6-13(12)28-4)22-14-7-8-27-18(23-14)15(16(21)25-27)17-24-19(2,3)29-26-17/h5-10H,1-4H3,(H2,21,25)(H,22,23)(H,24,26). The van der Waals surface area contributed by atoms with Gasteiger partial charge in [0.2, 0.25) is 5.72 Å². The first-order chi connectivity index (χ1) is 13.8. The van der Waals surface area contributed by atoms with Crippen molar-refractivity contribution < 1.29 is 14.0 Å². The lowest BCUT2D eigenvalue weighted by Gasteiger charge is -2.18. The Kier molecular flexibility index (Phi) is 4.40. The van der Waals surface area contributed by atoms with Crippen LogP contribution in [0.3, 0.4) is 0 Å². The summed E-state index contributed by atoms with van der Waals surface area (Å²) in [7, 11) is 1.55. The molecule has 29 heavy (non-hydrogen) atoms. The van der Waals surface area contributed by atoms with Gasteiger partial charge in [-0.3, -0.25) is 0 Å². The van der Waals surface area contributed by atoms with Crippen molar-refractivity contribution in [3.63, 3.8) is 0 Å². The van der Waals surface area contributed by atoms with Crippen LogP contribution < -0.4 is 21.1 Å². The Morgan fingerprint density at radius 2 is 2.14 bits per heavy atom. The molecule has 0 aliphatic carbocycles. The van der Waals surface area contributed by atoms with Crippen LogP contribution in [0.5, 0.6) is 5.75 Å². The molecule has 0 fully saturated rings. The number of amidine groups is 1. The molecule has 10 heteroatoms. The molecule has 1 aromatic carbocycles. The molecule has 0 spiro atoms. The number of ether oxygens (including phenoxy) is 1. The summed E-state index contributed by atoms with van der Waals surface area (Å²) < 4.78 is 20.6. The van der Waals surface area contributed by atoms with Gasteiger partial charge in [-0.05, 0) is 45.0 Å². The fourth-order valence-corrected chi connectivity index (χ4v) is 3.20. The molecule has 1 aliphatic rings. The number of nitrogens with two attached hydrogens (primary N) is 1. The molecule has 0 saturated carbocycles. The predicted molar refractivity (Wildman–Crippen MR) is 107 cm³/mol. The number of hydrogen-bond donors (Lipinski definition) is 3. The molecule has 0 amide bonds. The Bertz CT molecular complexity index is 1110. The topological polar surface area (TPSA) is 111 Å². The summed E-state index contributed by atoms with van der Waals surface area (Å²) in [5, 5.41) is 14.8. The molecule has 152 valence electrons. The van der Waals surface area contributed by atoms with Crippen molar-refractivity contribution >= 4 is 23.1 Å². The minimum Gasteiger partial charge on any atom is -0.496 e. The highest BCUT2D eigenvalue weighted by Gasteiger charge is 2.31. The van der Waals surface area contributed by atoms with Gasteiger partial charge in [-0.25, -0.2) is 13.9 Å². The molecule has 1 aliphatic heterocycles. The highest BCUT2D eigenvalue weighted by molar-refractivity contribution is 6.08. The van der Waals surface area contributed by atoms with E-state index in [9.17, 15) is 4.39 Å². The number of nitrogen functional groups attached to an aromatic ring is 1. The van der Waals surface area contributed by atoms with Crippen molar-refractivity contribution in [3.8, 4) is 5.75 Å². The summed E-state index contributed by atoms with van der Waals surface area (Å²) in [5.74, 6) is 1.56. The van der Waals surface area contributed by atoms with Gasteiger partial charge in [0.1, 0.15) is 22.9 Å². The summed E-state index contributed by atoms with van der Waals surface area (Å²) in [6, 6.07) is 5.90. The van der Waals surface area contributed by atoms with Gasteiger partial charge in [0.05, 0.1) is 13.2 Å². The average Bonchev–Trinajstić information content (AvgIpc) is 3.19. The number of aromatic nitrogens is 3. The number of nitrogens with zero attached hydrogens (tertiary/aromatic N) is 4. The highest BCUT2D eigenvalue weighted by Crippen LogP contribution is 2.29. The second kappa shape index (κ2) is 6.80. The van der Waals surface area contributed by atoms with E-state index in [0.29, 0.717) is 34.2 Å². The van der Waals surface area contributed by atoms with E-state index in [1.165, 1.54) is 12.1 Å². The number of nitrogens with one attached hydrogen (secondary N) is 2. The third kappa shape index (κ3) is 3.48. The van der Waals surface area contributed by atoms with E-state index in [-0.39, 0.29) is 17.7 Å². The predicted octanol–water partition coefficient (Wildman–Crippen LogP) is 2.65. The number of benzene rings is 1. The molecule has 2 aromatic heterocycles. The van der Waals surface area contributed by atoms with Crippen LogP contribution in [-0.4, -0.2) is 33.3 Å². The largest absolute Gasteiger partial charge is 0.496 e. The normalized spacial score (nSPS) is 16.1. The van der Waals surface area contributed by atoms with E-state index in [1.807, 2.05) is 20.8 Å². The SMILES string of the molecule is COc1ccc(F)cc1C(C)Nc1ccn2nc(N)c(C3=NOC(C)(C)N3)c2n1. The van der Waals surface area contributed by atoms with Gasteiger partial charge >= 0.3 is 0 Å². The van der Waals surface area contributed by atoms with Crippen LogP contribution in [0.1, 0.15) is 37.9 Å². The van der Waals surface area contributed by atoms with Crippen molar-refractivity contribution in [2.75, 3.05) is 18.2 Å². The van der Waals surface area contributed by atoms with Crippen LogP contribution in [0, 0.1) is 5.82 Å². The van der Waals surface area contributed by atoms with Crippen molar-refractivity contribution in [2.45, 2.75) is 32.5 Å². The molecular weight excluding hydrogens is 377 g/mol. The summed E-state index contributed by atoms with van der Waals surface area (Å²) in [5.41, 5.74) is 7.19. The highest BCUT2D eigenvalue weighted by atomic mass is 19.1. The maximum atomic E-state index is 13.7. The van der Waals surface area contributed by atoms with E-state index in [2.05, 4.69) is 25.9 Å². The Morgan fingerprint density at radius 1 is 1.34 bits per heavy atom. The van der Waals surface area contributed by atoms with Crippen LogP contribution in [0.25, 0.3) is 5.65 Å². The van der Waals surface area contributed by atoms with Gasteiger partial charge in [-0.15, -0.1) is 5.10 Å². The molecule has 4 rings (SSSR count). The Balaban J connectivity index is 1.68. The fourth-order valence-electron chi connectivity index (χ4n) is 3.20. The van der Waals surface area contributed by atoms with Crippen LogP contribution in [0.2, 0.25) is 0 Å². The minimum absolute atomic E-state index is 0.261. The molecule has 0 radical (unpaired) electrons. The van der Waals surface area contributed by atoms with Crippen molar-refractivity contribution in [3.05, 3.63) is 47.4 Å². The second-order valence-electron chi connectivity index (χ2n) is 7.26. The second-order valence-corrected chi connectivity index (χ2v) is 7.26. The third-order valence-corrected chi connectivity index (χ3v) is 4.56. The lowest BCUT2D eigenvalue weighted by molar-refractivity contribution is -0.00234. The van der Waals surface area contributed by atoms with E-state index >= 15 is 0 Å². The zero-order chi connectivity index (χ0) is 20.8. The number of hydrogen-bond acceptors (Lipinski definition) is 8. The number of rotatable bonds is 5. The van der Waals surface area contributed by atoms with Gasteiger partial charge < -0.3 is 25.9 Å². The number of fused-ring (bicyclic) bond motifs is 1. The number of halogens is 1. The lowest BCUT2D eigenvalue weighted by Crippen LogP contribution is -2.39. The van der Waals surface area contributed by atoms with Crippen LogP contribution >= 0.6 is 0 Å². The van der Waals surface area contributed by atoms with E-state index in [1.54, 1.807) is 30.0 Å². The fraction of sp³-hybridized carbons (Fsp3) is 0.316. The molecule has 3 heterocycles. The average molecular weight is 399 g/mol. The molecule has 1 atom stereocenters. The summed E-state index contributed by atoms with van der Waals surface area (Å²) >= 11 is 0. The smallest absolute Gasteiger partial charge is 0.203 e. The molecule has 0 bridgehead atoms. The minimum atomic E-state index is -0.645. The third-order valence-electron chi connectivity index (χ3n) is 4.56. The molecule has 0 saturated heterocycles. The van der Waals surface area contributed by atoms with Gasteiger partial charge in [-0.1, -0.05) is 5.16 Å². The maximum Gasteiger partial charge on any atom is 0.203 e. The van der Waals surface area contributed by atoms with Crippen molar-refractivity contribution in [2.24, 2.45) is 5.16 Å². The van der Waals surface area contributed by atoms with Gasteiger partial charge in [-0.2, -0.15) is 0 Å². The first-order valence-electron chi connectivity index (χ1n) is 9.07. The van der Waals surface area contributed by atoms with E-state index in [4.69, 9.17) is 15.3 Å². The van der Waals surface area contributed by atoms with Gasteiger partial charge in [0.25, 0.3) is 0 Å². The Hall–Kier alpha value is -3.56. The van der Waals surface area contributed by atoms with E-state index < -0.39 is 5.72 Å². The lowest BCUT2D eigenvalue weighted by atomic mass is 10.1. The first-order valence-corrected chi connectivity index (χ1v) is 9.07. The monoisotopic (exact) mass is 399 g/mol. The van der Waals surface area contributed by atoms with Gasteiger partial charge in [0, 0.05) is 11.8 Å². The van der Waals surface area contributed by atoms with Crippen LogP contribution in [0.4, 0.5) is 16.0 Å². The Labute approximate surface area is 166 Å². The van der Waals surface area contributed by atoms with Crippen LogP contribution in [-0.2, 0) is 4.84 Å². The Morgan fingerprint density at radius 3 is 2.83 bits per heavy atom. The first kappa shape index (κ1) is 18.8. The van der Waals surface area contributed by atoms with E-state index in [0.717, 1.165) is 0 Å². The molecular formula is C19H22FN7O2. The zero-order valence-electron chi connectivity index (χ0n) is 16.5. The molecule has 1 unspecified atom stereocenters.